The number of nitrogens with zero attached hydrogens (tertiary/aromatic N) is 3. The van der Waals surface area contributed by atoms with Gasteiger partial charge >= 0.3 is 0 Å². The molecule has 1 aliphatic heterocycles. The molecule has 100 valence electrons. The van der Waals surface area contributed by atoms with E-state index in [4.69, 9.17) is 4.74 Å². The summed E-state index contributed by atoms with van der Waals surface area (Å²) in [5.74, 6) is 0.948. The van der Waals surface area contributed by atoms with Crippen molar-refractivity contribution in [1.82, 2.24) is 15.3 Å². The summed E-state index contributed by atoms with van der Waals surface area (Å²) in [5.41, 5.74) is 0. The van der Waals surface area contributed by atoms with Crippen LogP contribution in [0.25, 0.3) is 0 Å². The Labute approximate surface area is 116 Å². The molecule has 0 saturated carbocycles. The standard InChI is InChI=1S/C12H19BrN4O/c1-9(2)15-5-10-7-18-4-3-17(10)12-11(13)6-14-8-16-12/h6,8-10,15H,3-5,7H2,1-2H3. The molecule has 1 N–H and O–H groups in total. The summed E-state index contributed by atoms with van der Waals surface area (Å²) in [6, 6.07) is 0.787. The van der Waals surface area contributed by atoms with E-state index in [0.717, 1.165) is 36.6 Å². The van der Waals surface area contributed by atoms with Crippen molar-refractivity contribution in [3.8, 4) is 0 Å². The van der Waals surface area contributed by atoms with Crippen molar-refractivity contribution < 1.29 is 4.74 Å². The van der Waals surface area contributed by atoms with Crippen molar-refractivity contribution in [2.45, 2.75) is 25.9 Å². The number of hydrogen-bond acceptors (Lipinski definition) is 5. The molecule has 1 aromatic rings. The van der Waals surface area contributed by atoms with Crippen LogP contribution >= 0.6 is 15.9 Å². The Morgan fingerprint density at radius 1 is 1.61 bits per heavy atom. The third-order valence-electron chi connectivity index (χ3n) is 2.91. The van der Waals surface area contributed by atoms with E-state index in [1.54, 1.807) is 12.5 Å². The average Bonchev–Trinajstić information content (AvgIpc) is 2.37. The van der Waals surface area contributed by atoms with Crippen molar-refractivity contribution in [2.75, 3.05) is 31.2 Å². The molecule has 1 saturated heterocycles. The SMILES string of the molecule is CC(C)NCC1COCCN1c1ncncc1Br. The van der Waals surface area contributed by atoms with Gasteiger partial charge in [0.25, 0.3) is 0 Å². The molecule has 5 nitrogen and oxygen atoms in total. The number of anilines is 1. The van der Waals surface area contributed by atoms with E-state index >= 15 is 0 Å². The third-order valence-corrected chi connectivity index (χ3v) is 3.47. The number of rotatable bonds is 4. The Bertz CT molecular complexity index is 388. The zero-order chi connectivity index (χ0) is 13.0. The molecule has 6 heteroatoms. The van der Waals surface area contributed by atoms with Gasteiger partial charge in [0.05, 0.1) is 23.7 Å². The van der Waals surface area contributed by atoms with E-state index < -0.39 is 0 Å². The smallest absolute Gasteiger partial charge is 0.146 e. The monoisotopic (exact) mass is 314 g/mol. The molecule has 0 spiro atoms. The van der Waals surface area contributed by atoms with Crippen LogP contribution in [0.5, 0.6) is 0 Å². The van der Waals surface area contributed by atoms with Crippen LogP contribution in [0.4, 0.5) is 5.82 Å². The topological polar surface area (TPSA) is 50.3 Å². The summed E-state index contributed by atoms with van der Waals surface area (Å²) in [5, 5.41) is 3.45. The fourth-order valence-corrected chi connectivity index (χ4v) is 2.44. The largest absolute Gasteiger partial charge is 0.377 e. The Morgan fingerprint density at radius 2 is 2.44 bits per heavy atom. The maximum absolute atomic E-state index is 5.57. The lowest BCUT2D eigenvalue weighted by Gasteiger charge is -2.37. The first-order valence-corrected chi connectivity index (χ1v) is 7.01. The summed E-state index contributed by atoms with van der Waals surface area (Å²) in [4.78, 5) is 10.7. The van der Waals surface area contributed by atoms with Gasteiger partial charge in [-0.2, -0.15) is 0 Å². The van der Waals surface area contributed by atoms with Crippen LogP contribution in [-0.4, -0.2) is 48.4 Å². The van der Waals surface area contributed by atoms with E-state index in [9.17, 15) is 0 Å². The van der Waals surface area contributed by atoms with E-state index in [1.165, 1.54) is 0 Å². The Kier molecular flexibility index (Phi) is 4.91. The zero-order valence-electron chi connectivity index (χ0n) is 10.8. The molecule has 0 radical (unpaired) electrons. The van der Waals surface area contributed by atoms with Gasteiger partial charge in [-0.1, -0.05) is 13.8 Å². The highest BCUT2D eigenvalue weighted by Crippen LogP contribution is 2.25. The predicted octanol–water partition coefficient (Wildman–Crippen LogP) is 1.44. The molecule has 2 rings (SSSR count). The molecular formula is C12H19BrN4O. The lowest BCUT2D eigenvalue weighted by atomic mass is 10.2. The minimum atomic E-state index is 0.312. The lowest BCUT2D eigenvalue weighted by Crippen LogP contribution is -2.51. The van der Waals surface area contributed by atoms with Crippen molar-refractivity contribution in [3.63, 3.8) is 0 Å². The highest BCUT2D eigenvalue weighted by atomic mass is 79.9. The number of morpholine rings is 1. The molecule has 0 bridgehead atoms. The summed E-state index contributed by atoms with van der Waals surface area (Å²) < 4.78 is 6.50. The molecule has 2 heterocycles. The fraction of sp³-hybridized carbons (Fsp3) is 0.667. The van der Waals surface area contributed by atoms with Crippen LogP contribution in [-0.2, 0) is 4.74 Å². The van der Waals surface area contributed by atoms with Crippen molar-refractivity contribution >= 4 is 21.7 Å². The molecule has 0 aromatic carbocycles. The minimum Gasteiger partial charge on any atom is -0.377 e. The molecule has 0 aliphatic carbocycles. The average molecular weight is 315 g/mol. The minimum absolute atomic E-state index is 0.312. The zero-order valence-corrected chi connectivity index (χ0v) is 12.4. The highest BCUT2D eigenvalue weighted by molar-refractivity contribution is 9.10. The van der Waals surface area contributed by atoms with Gasteiger partial charge in [0.15, 0.2) is 0 Å². The van der Waals surface area contributed by atoms with Crippen LogP contribution in [0.1, 0.15) is 13.8 Å². The maximum atomic E-state index is 5.57. The summed E-state index contributed by atoms with van der Waals surface area (Å²) >= 11 is 3.51. The first-order chi connectivity index (χ1) is 8.68. The Hall–Kier alpha value is -0.720. The number of nitrogens with one attached hydrogen (secondary N) is 1. The maximum Gasteiger partial charge on any atom is 0.146 e. The Balaban J connectivity index is 2.10. The normalized spacial score (nSPS) is 20.4. The van der Waals surface area contributed by atoms with Gasteiger partial charge in [0, 0.05) is 25.3 Å². The van der Waals surface area contributed by atoms with Gasteiger partial charge in [-0.25, -0.2) is 9.97 Å². The molecule has 1 aromatic heterocycles. The number of aromatic nitrogens is 2. The van der Waals surface area contributed by atoms with Gasteiger partial charge in [0.2, 0.25) is 0 Å². The van der Waals surface area contributed by atoms with Gasteiger partial charge in [-0.3, -0.25) is 0 Å². The predicted molar refractivity (Wildman–Crippen MR) is 74.8 cm³/mol. The van der Waals surface area contributed by atoms with Crippen molar-refractivity contribution in [2.24, 2.45) is 0 Å². The summed E-state index contributed by atoms with van der Waals surface area (Å²) in [7, 11) is 0. The Morgan fingerprint density at radius 3 is 3.17 bits per heavy atom. The number of halogens is 1. The van der Waals surface area contributed by atoms with Crippen molar-refractivity contribution in [1.29, 1.82) is 0 Å². The van der Waals surface area contributed by atoms with Gasteiger partial charge in [-0.05, 0) is 15.9 Å². The first-order valence-electron chi connectivity index (χ1n) is 6.21. The van der Waals surface area contributed by atoms with E-state index in [0.29, 0.717) is 12.1 Å². The van der Waals surface area contributed by atoms with Crippen LogP contribution < -0.4 is 10.2 Å². The summed E-state index contributed by atoms with van der Waals surface area (Å²) in [6.07, 6.45) is 3.37. The quantitative estimate of drug-likeness (QED) is 0.911. The van der Waals surface area contributed by atoms with E-state index in [2.05, 4.69) is 50.0 Å². The van der Waals surface area contributed by atoms with Gasteiger partial charge in [0.1, 0.15) is 12.1 Å². The van der Waals surface area contributed by atoms with E-state index in [-0.39, 0.29) is 0 Å². The molecule has 1 aliphatic rings. The first kappa shape index (κ1) is 13.7. The van der Waals surface area contributed by atoms with Crippen molar-refractivity contribution in [3.05, 3.63) is 17.0 Å². The molecule has 0 amide bonds. The fourth-order valence-electron chi connectivity index (χ4n) is 1.99. The molecule has 1 fully saturated rings. The second kappa shape index (κ2) is 6.45. The van der Waals surface area contributed by atoms with Gasteiger partial charge < -0.3 is 15.0 Å². The van der Waals surface area contributed by atoms with Crippen LogP contribution in [0, 0.1) is 0 Å². The molecule has 18 heavy (non-hydrogen) atoms. The second-order valence-corrected chi connectivity index (χ2v) is 5.53. The molecular weight excluding hydrogens is 296 g/mol. The molecule has 1 atom stereocenters. The third kappa shape index (κ3) is 3.40. The number of ether oxygens (including phenoxy) is 1. The van der Waals surface area contributed by atoms with Gasteiger partial charge in [-0.15, -0.1) is 0 Å². The van der Waals surface area contributed by atoms with Crippen LogP contribution in [0.3, 0.4) is 0 Å². The number of hydrogen-bond donors (Lipinski definition) is 1. The van der Waals surface area contributed by atoms with E-state index in [1.807, 2.05) is 0 Å². The second-order valence-electron chi connectivity index (χ2n) is 4.68. The molecule has 1 unspecified atom stereocenters. The summed E-state index contributed by atoms with van der Waals surface area (Å²) in [6.45, 7) is 7.53. The lowest BCUT2D eigenvalue weighted by molar-refractivity contribution is 0.0927. The van der Waals surface area contributed by atoms with Crippen LogP contribution in [0.2, 0.25) is 0 Å². The highest BCUT2D eigenvalue weighted by Gasteiger charge is 2.25. The van der Waals surface area contributed by atoms with Crippen LogP contribution in [0.15, 0.2) is 17.0 Å².